The lowest BCUT2D eigenvalue weighted by atomic mass is 10.1. The minimum atomic E-state index is -0.273. The molecule has 0 unspecified atom stereocenters. The molecule has 0 atom stereocenters. The van der Waals surface area contributed by atoms with E-state index in [2.05, 4.69) is 20.9 Å². The minimum Gasteiger partial charge on any atom is -0.352 e. The molecule has 0 aliphatic heterocycles. The summed E-state index contributed by atoms with van der Waals surface area (Å²) in [4.78, 5) is 40.4. The van der Waals surface area contributed by atoms with Gasteiger partial charge in [0.25, 0.3) is 5.91 Å². The summed E-state index contributed by atoms with van der Waals surface area (Å²) in [6.45, 7) is 8.15. The van der Waals surface area contributed by atoms with Gasteiger partial charge in [0, 0.05) is 23.5 Å². The van der Waals surface area contributed by atoms with Gasteiger partial charge in [0.1, 0.15) is 0 Å². The van der Waals surface area contributed by atoms with E-state index in [0.29, 0.717) is 34.5 Å². The van der Waals surface area contributed by atoms with E-state index in [0.717, 1.165) is 0 Å². The number of carbonyl (C=O) groups excluding carboxylic acids is 3. The van der Waals surface area contributed by atoms with Crippen LogP contribution in [0.2, 0.25) is 5.02 Å². The summed E-state index contributed by atoms with van der Waals surface area (Å²) >= 11 is 7.47. The first-order chi connectivity index (χ1) is 13.7. The lowest BCUT2D eigenvalue weighted by Crippen LogP contribution is -2.27. The summed E-state index contributed by atoms with van der Waals surface area (Å²) in [6, 6.07) is 4.75. The van der Waals surface area contributed by atoms with Crippen LogP contribution in [0.4, 0.5) is 10.8 Å². The van der Waals surface area contributed by atoms with Crippen molar-refractivity contribution in [2.45, 2.75) is 34.1 Å². The number of thiazole rings is 1. The van der Waals surface area contributed by atoms with Gasteiger partial charge in [0.05, 0.1) is 22.7 Å². The summed E-state index contributed by atoms with van der Waals surface area (Å²) in [6.07, 6.45) is 0.0578. The molecule has 0 aliphatic rings. The van der Waals surface area contributed by atoms with E-state index in [9.17, 15) is 14.4 Å². The number of benzene rings is 1. The maximum Gasteiger partial charge on any atom is 0.252 e. The molecule has 0 radical (unpaired) electrons. The maximum atomic E-state index is 12.3. The summed E-state index contributed by atoms with van der Waals surface area (Å²) in [7, 11) is 0. The van der Waals surface area contributed by atoms with Crippen molar-refractivity contribution < 1.29 is 14.4 Å². The molecule has 0 spiro atoms. The number of aromatic nitrogens is 1. The van der Waals surface area contributed by atoms with Gasteiger partial charge in [-0.15, -0.1) is 11.3 Å². The Hall–Kier alpha value is -2.45. The van der Waals surface area contributed by atoms with Gasteiger partial charge in [-0.1, -0.05) is 39.3 Å². The van der Waals surface area contributed by atoms with Gasteiger partial charge in [0.15, 0.2) is 5.13 Å². The zero-order valence-corrected chi connectivity index (χ0v) is 18.4. The van der Waals surface area contributed by atoms with Crippen molar-refractivity contribution in [3.05, 3.63) is 39.9 Å². The van der Waals surface area contributed by atoms with Crippen LogP contribution in [0.1, 0.15) is 43.7 Å². The van der Waals surface area contributed by atoms with Crippen molar-refractivity contribution in [2.75, 3.05) is 17.2 Å². The zero-order valence-electron chi connectivity index (χ0n) is 16.8. The molecule has 0 saturated heterocycles. The van der Waals surface area contributed by atoms with Gasteiger partial charge in [-0.05, 0) is 24.1 Å². The molecule has 7 nitrogen and oxygen atoms in total. The predicted octanol–water partition coefficient (Wildman–Crippen LogP) is 3.96. The van der Waals surface area contributed by atoms with Crippen LogP contribution in [0, 0.1) is 11.8 Å². The summed E-state index contributed by atoms with van der Waals surface area (Å²) in [5.74, 6) is -0.459. The Morgan fingerprint density at radius 2 is 1.86 bits per heavy atom. The quantitative estimate of drug-likeness (QED) is 0.583. The Bertz CT molecular complexity index is 896. The molecule has 0 bridgehead atoms. The molecule has 0 aliphatic carbocycles. The summed E-state index contributed by atoms with van der Waals surface area (Å²) in [5, 5.41) is 10.7. The molecule has 1 aromatic carbocycles. The van der Waals surface area contributed by atoms with Crippen LogP contribution in [-0.2, 0) is 16.0 Å². The number of nitrogens with zero attached hydrogens (tertiary/aromatic N) is 1. The van der Waals surface area contributed by atoms with E-state index in [1.54, 1.807) is 37.4 Å². The van der Waals surface area contributed by atoms with Gasteiger partial charge in [0.2, 0.25) is 11.8 Å². The zero-order chi connectivity index (χ0) is 21.6. The van der Waals surface area contributed by atoms with E-state index >= 15 is 0 Å². The smallest absolute Gasteiger partial charge is 0.252 e. The predicted molar refractivity (Wildman–Crippen MR) is 117 cm³/mol. The van der Waals surface area contributed by atoms with Crippen LogP contribution in [0.25, 0.3) is 0 Å². The van der Waals surface area contributed by atoms with Crippen LogP contribution < -0.4 is 16.0 Å². The van der Waals surface area contributed by atoms with E-state index in [-0.39, 0.29) is 35.1 Å². The van der Waals surface area contributed by atoms with Crippen molar-refractivity contribution in [2.24, 2.45) is 11.8 Å². The molecule has 29 heavy (non-hydrogen) atoms. The fourth-order valence-corrected chi connectivity index (χ4v) is 3.21. The number of carbonyl (C=O) groups is 3. The Labute approximate surface area is 179 Å². The number of hydrogen-bond donors (Lipinski definition) is 3. The van der Waals surface area contributed by atoms with Crippen LogP contribution in [0.3, 0.4) is 0 Å². The maximum absolute atomic E-state index is 12.3. The van der Waals surface area contributed by atoms with E-state index in [4.69, 9.17) is 11.6 Å². The molecule has 2 rings (SSSR count). The molecular formula is C20H25ClN4O3S. The SMILES string of the molecule is CC(C)CNC(=O)c1ccc(NC(=O)Cc2csc(NC(=O)C(C)C)n2)cc1Cl. The van der Waals surface area contributed by atoms with Crippen LogP contribution in [0.15, 0.2) is 23.6 Å². The molecule has 156 valence electrons. The normalized spacial score (nSPS) is 10.9. The lowest BCUT2D eigenvalue weighted by Gasteiger charge is -2.10. The second kappa shape index (κ2) is 10.4. The fraction of sp³-hybridized carbons (Fsp3) is 0.400. The third-order valence-electron chi connectivity index (χ3n) is 3.82. The monoisotopic (exact) mass is 436 g/mol. The molecule has 0 saturated carbocycles. The molecule has 3 N–H and O–H groups in total. The Morgan fingerprint density at radius 1 is 1.14 bits per heavy atom. The highest BCUT2D eigenvalue weighted by Crippen LogP contribution is 2.22. The average molecular weight is 437 g/mol. The van der Waals surface area contributed by atoms with Gasteiger partial charge in [-0.2, -0.15) is 0 Å². The molecular weight excluding hydrogens is 412 g/mol. The first-order valence-electron chi connectivity index (χ1n) is 9.28. The highest BCUT2D eigenvalue weighted by Gasteiger charge is 2.14. The van der Waals surface area contributed by atoms with E-state index < -0.39 is 0 Å². The number of hydrogen-bond acceptors (Lipinski definition) is 5. The van der Waals surface area contributed by atoms with Crippen LogP contribution >= 0.6 is 22.9 Å². The number of anilines is 2. The second-order valence-corrected chi connectivity index (χ2v) is 8.58. The van der Waals surface area contributed by atoms with E-state index in [1.165, 1.54) is 11.3 Å². The first-order valence-corrected chi connectivity index (χ1v) is 10.5. The highest BCUT2D eigenvalue weighted by molar-refractivity contribution is 7.13. The third-order valence-corrected chi connectivity index (χ3v) is 4.94. The Morgan fingerprint density at radius 3 is 2.48 bits per heavy atom. The molecule has 0 fully saturated rings. The van der Waals surface area contributed by atoms with Crippen molar-refractivity contribution in [1.82, 2.24) is 10.3 Å². The summed E-state index contributed by atoms with van der Waals surface area (Å²) in [5.41, 5.74) is 1.40. The third kappa shape index (κ3) is 7.14. The molecule has 2 aromatic rings. The molecule has 9 heteroatoms. The van der Waals surface area contributed by atoms with Gasteiger partial charge >= 0.3 is 0 Å². The topological polar surface area (TPSA) is 100 Å². The first kappa shape index (κ1) is 22.8. The standard InChI is InChI=1S/C20H25ClN4O3S/c1-11(2)9-22-19(28)15-6-5-13(7-16(15)21)23-17(26)8-14-10-29-20(24-14)25-18(27)12(3)4/h5-7,10-12H,8-9H2,1-4H3,(H,22,28)(H,23,26)(H,24,25,27). The van der Waals surface area contributed by atoms with Crippen LogP contribution in [0.5, 0.6) is 0 Å². The molecule has 3 amide bonds. The highest BCUT2D eigenvalue weighted by atomic mass is 35.5. The van der Waals surface area contributed by atoms with Gasteiger partial charge in [-0.3, -0.25) is 14.4 Å². The van der Waals surface area contributed by atoms with Gasteiger partial charge in [-0.25, -0.2) is 4.98 Å². The van der Waals surface area contributed by atoms with Crippen molar-refractivity contribution >= 4 is 51.5 Å². The lowest BCUT2D eigenvalue weighted by molar-refractivity contribution is -0.119. The minimum absolute atomic E-state index is 0.0578. The number of nitrogens with one attached hydrogen (secondary N) is 3. The Kier molecular flexibility index (Phi) is 8.16. The van der Waals surface area contributed by atoms with Crippen molar-refractivity contribution in [3.63, 3.8) is 0 Å². The van der Waals surface area contributed by atoms with Crippen molar-refractivity contribution in [3.8, 4) is 0 Å². The fourth-order valence-electron chi connectivity index (χ4n) is 2.23. The number of rotatable bonds is 8. The van der Waals surface area contributed by atoms with E-state index in [1.807, 2.05) is 13.8 Å². The second-order valence-electron chi connectivity index (χ2n) is 7.31. The average Bonchev–Trinajstić information content (AvgIpc) is 3.06. The van der Waals surface area contributed by atoms with Gasteiger partial charge < -0.3 is 16.0 Å². The molecule has 1 aromatic heterocycles. The Balaban J connectivity index is 1.94. The van der Waals surface area contributed by atoms with Crippen molar-refractivity contribution in [1.29, 1.82) is 0 Å². The number of amides is 3. The largest absolute Gasteiger partial charge is 0.352 e. The number of halogens is 1. The summed E-state index contributed by atoms with van der Waals surface area (Å²) < 4.78 is 0. The van der Waals surface area contributed by atoms with Crippen LogP contribution in [-0.4, -0.2) is 29.3 Å². The molecule has 1 heterocycles.